The van der Waals surface area contributed by atoms with Crippen molar-refractivity contribution in [3.8, 4) is 0 Å². The van der Waals surface area contributed by atoms with Gasteiger partial charge in [-0.2, -0.15) is 0 Å². The molecule has 1 aliphatic rings. The first-order valence-electron chi connectivity index (χ1n) is 5.67. The van der Waals surface area contributed by atoms with Gasteiger partial charge in [-0.25, -0.2) is 0 Å². The van der Waals surface area contributed by atoms with E-state index in [2.05, 4.69) is 19.3 Å². The molecule has 2 unspecified atom stereocenters. The summed E-state index contributed by atoms with van der Waals surface area (Å²) in [5.74, 6) is 1.64. The Morgan fingerprint density at radius 1 is 1.38 bits per heavy atom. The molecule has 0 spiro atoms. The van der Waals surface area contributed by atoms with Crippen LogP contribution < -0.4 is 11.1 Å². The molecule has 0 heterocycles. The molecule has 0 aromatic carbocycles. The van der Waals surface area contributed by atoms with Gasteiger partial charge in [0, 0.05) is 6.04 Å². The van der Waals surface area contributed by atoms with E-state index in [0.717, 1.165) is 24.8 Å². The van der Waals surface area contributed by atoms with E-state index >= 15 is 0 Å². The first-order valence-corrected chi connectivity index (χ1v) is 5.67. The van der Waals surface area contributed by atoms with Gasteiger partial charge in [-0.3, -0.25) is 0 Å². The SMILES string of the molecule is CNC(C(C)CCN)C1CCCC1. The number of hydrogen-bond acceptors (Lipinski definition) is 2. The Balaban J connectivity index is 2.39. The van der Waals surface area contributed by atoms with Gasteiger partial charge in [-0.15, -0.1) is 0 Å². The molecule has 0 aliphatic heterocycles. The predicted octanol–water partition coefficient (Wildman–Crippen LogP) is 1.75. The molecule has 0 aromatic heterocycles. The minimum absolute atomic E-state index is 0.700. The fraction of sp³-hybridized carbons (Fsp3) is 1.00. The number of hydrogen-bond donors (Lipinski definition) is 2. The Labute approximate surface area is 82.3 Å². The van der Waals surface area contributed by atoms with Crippen molar-refractivity contribution in [2.75, 3.05) is 13.6 Å². The average Bonchev–Trinajstić information content (AvgIpc) is 2.59. The van der Waals surface area contributed by atoms with Crippen LogP contribution in [0.3, 0.4) is 0 Å². The highest BCUT2D eigenvalue weighted by atomic mass is 14.9. The molecule has 2 nitrogen and oxygen atoms in total. The van der Waals surface area contributed by atoms with Gasteiger partial charge in [-0.1, -0.05) is 19.8 Å². The van der Waals surface area contributed by atoms with E-state index in [1.54, 1.807) is 0 Å². The molecule has 0 saturated heterocycles. The molecule has 1 fully saturated rings. The maximum Gasteiger partial charge on any atom is 0.0118 e. The average molecular weight is 184 g/mol. The maximum atomic E-state index is 5.59. The van der Waals surface area contributed by atoms with Crippen LogP contribution in [0.2, 0.25) is 0 Å². The fourth-order valence-corrected chi connectivity index (χ4v) is 2.74. The molecule has 0 amide bonds. The van der Waals surface area contributed by atoms with Crippen LogP contribution in [0.4, 0.5) is 0 Å². The lowest BCUT2D eigenvalue weighted by Gasteiger charge is -2.28. The first-order chi connectivity index (χ1) is 6.29. The summed E-state index contributed by atoms with van der Waals surface area (Å²) in [6, 6.07) is 0.700. The summed E-state index contributed by atoms with van der Waals surface area (Å²) in [7, 11) is 2.09. The Morgan fingerprint density at radius 2 is 2.00 bits per heavy atom. The highest BCUT2D eigenvalue weighted by Crippen LogP contribution is 2.31. The van der Waals surface area contributed by atoms with E-state index in [9.17, 15) is 0 Å². The van der Waals surface area contributed by atoms with Gasteiger partial charge in [0.25, 0.3) is 0 Å². The van der Waals surface area contributed by atoms with Gasteiger partial charge in [0.05, 0.1) is 0 Å². The van der Waals surface area contributed by atoms with E-state index in [4.69, 9.17) is 5.73 Å². The summed E-state index contributed by atoms with van der Waals surface area (Å²) in [5.41, 5.74) is 5.59. The van der Waals surface area contributed by atoms with Crippen molar-refractivity contribution in [1.82, 2.24) is 5.32 Å². The molecular formula is C11H24N2. The normalized spacial score (nSPS) is 23.3. The third-order valence-electron chi connectivity index (χ3n) is 3.48. The molecule has 0 aromatic rings. The van der Waals surface area contributed by atoms with Crippen molar-refractivity contribution in [1.29, 1.82) is 0 Å². The van der Waals surface area contributed by atoms with Crippen LogP contribution in [0.15, 0.2) is 0 Å². The minimum atomic E-state index is 0.700. The Hall–Kier alpha value is -0.0800. The molecule has 78 valence electrons. The summed E-state index contributed by atoms with van der Waals surface area (Å²) >= 11 is 0. The van der Waals surface area contributed by atoms with Gasteiger partial charge in [0.2, 0.25) is 0 Å². The van der Waals surface area contributed by atoms with Gasteiger partial charge in [0.15, 0.2) is 0 Å². The summed E-state index contributed by atoms with van der Waals surface area (Å²) in [5, 5.41) is 3.47. The molecule has 13 heavy (non-hydrogen) atoms. The third kappa shape index (κ3) is 2.96. The van der Waals surface area contributed by atoms with Crippen molar-refractivity contribution in [2.45, 2.75) is 45.1 Å². The zero-order valence-electron chi connectivity index (χ0n) is 9.05. The fourth-order valence-electron chi connectivity index (χ4n) is 2.74. The van der Waals surface area contributed by atoms with Crippen LogP contribution >= 0.6 is 0 Å². The second-order valence-electron chi connectivity index (χ2n) is 4.41. The van der Waals surface area contributed by atoms with E-state index in [-0.39, 0.29) is 0 Å². The van der Waals surface area contributed by atoms with E-state index < -0.39 is 0 Å². The minimum Gasteiger partial charge on any atom is -0.330 e. The lowest BCUT2D eigenvalue weighted by Crippen LogP contribution is -2.38. The zero-order chi connectivity index (χ0) is 9.68. The molecule has 1 saturated carbocycles. The highest BCUT2D eigenvalue weighted by Gasteiger charge is 2.27. The molecule has 2 heteroatoms. The monoisotopic (exact) mass is 184 g/mol. The predicted molar refractivity (Wildman–Crippen MR) is 57.6 cm³/mol. The molecule has 3 N–H and O–H groups in total. The maximum absolute atomic E-state index is 5.59. The van der Waals surface area contributed by atoms with Gasteiger partial charge < -0.3 is 11.1 Å². The van der Waals surface area contributed by atoms with E-state index in [0.29, 0.717) is 6.04 Å². The van der Waals surface area contributed by atoms with Crippen LogP contribution in [0.1, 0.15) is 39.0 Å². The summed E-state index contributed by atoms with van der Waals surface area (Å²) < 4.78 is 0. The van der Waals surface area contributed by atoms with Crippen LogP contribution in [0.5, 0.6) is 0 Å². The summed E-state index contributed by atoms with van der Waals surface area (Å²) in [6.45, 7) is 3.15. The van der Waals surface area contributed by atoms with Crippen LogP contribution in [-0.2, 0) is 0 Å². The molecular weight excluding hydrogens is 160 g/mol. The molecule has 1 rings (SSSR count). The zero-order valence-corrected chi connectivity index (χ0v) is 9.05. The molecule has 1 aliphatic carbocycles. The van der Waals surface area contributed by atoms with Gasteiger partial charge in [-0.05, 0) is 44.7 Å². The number of nitrogens with one attached hydrogen (secondary N) is 1. The van der Waals surface area contributed by atoms with E-state index in [1.165, 1.54) is 25.7 Å². The van der Waals surface area contributed by atoms with Crippen LogP contribution in [0.25, 0.3) is 0 Å². The van der Waals surface area contributed by atoms with Crippen LogP contribution in [0, 0.1) is 11.8 Å². The van der Waals surface area contributed by atoms with Crippen molar-refractivity contribution in [2.24, 2.45) is 17.6 Å². The lowest BCUT2D eigenvalue weighted by atomic mass is 9.86. The van der Waals surface area contributed by atoms with Crippen molar-refractivity contribution in [3.05, 3.63) is 0 Å². The quantitative estimate of drug-likeness (QED) is 0.683. The topological polar surface area (TPSA) is 38.0 Å². The number of rotatable bonds is 5. The molecule has 0 bridgehead atoms. The van der Waals surface area contributed by atoms with Gasteiger partial charge in [0.1, 0.15) is 0 Å². The standard InChI is InChI=1S/C11H24N2/c1-9(7-8-12)11(13-2)10-5-3-4-6-10/h9-11,13H,3-8,12H2,1-2H3. The number of nitrogens with two attached hydrogens (primary N) is 1. The van der Waals surface area contributed by atoms with Crippen LogP contribution in [-0.4, -0.2) is 19.6 Å². The second-order valence-corrected chi connectivity index (χ2v) is 4.41. The van der Waals surface area contributed by atoms with Crippen molar-refractivity contribution >= 4 is 0 Å². The highest BCUT2D eigenvalue weighted by molar-refractivity contribution is 4.83. The second kappa shape index (κ2) is 5.61. The Bertz CT molecular complexity index is 130. The summed E-state index contributed by atoms with van der Waals surface area (Å²) in [4.78, 5) is 0. The smallest absolute Gasteiger partial charge is 0.0118 e. The third-order valence-corrected chi connectivity index (χ3v) is 3.48. The van der Waals surface area contributed by atoms with Crippen molar-refractivity contribution in [3.63, 3.8) is 0 Å². The summed E-state index contributed by atoms with van der Waals surface area (Å²) in [6.07, 6.45) is 6.85. The largest absolute Gasteiger partial charge is 0.330 e. The van der Waals surface area contributed by atoms with Gasteiger partial charge >= 0.3 is 0 Å². The Morgan fingerprint density at radius 3 is 2.46 bits per heavy atom. The molecule has 0 radical (unpaired) electrons. The Kier molecular flexibility index (Phi) is 4.74. The molecule has 2 atom stereocenters. The first kappa shape index (κ1) is 11.0. The van der Waals surface area contributed by atoms with E-state index in [1.807, 2.05) is 0 Å². The lowest BCUT2D eigenvalue weighted by molar-refractivity contribution is 0.277. The van der Waals surface area contributed by atoms with Crippen molar-refractivity contribution < 1.29 is 0 Å².